The molecule has 8 heteroatoms. The molecule has 3 aromatic rings. The molecule has 0 fully saturated rings. The van der Waals surface area contributed by atoms with Crippen LogP contribution in [0.15, 0.2) is 60.7 Å². The Morgan fingerprint density at radius 2 is 1.78 bits per heavy atom. The first-order valence-corrected chi connectivity index (χ1v) is 11.8. The van der Waals surface area contributed by atoms with E-state index >= 15 is 0 Å². The minimum Gasteiger partial charge on any atom is -0.493 e. The summed E-state index contributed by atoms with van der Waals surface area (Å²) in [5.41, 5.74) is 4.29. The number of hydrogen-bond acceptors (Lipinski definition) is 4. The third-order valence-corrected chi connectivity index (χ3v) is 6.22. The summed E-state index contributed by atoms with van der Waals surface area (Å²) in [4.78, 5) is 31.6. The molecule has 7 nitrogen and oxygen atoms in total. The van der Waals surface area contributed by atoms with Crippen molar-refractivity contribution in [1.82, 2.24) is 9.96 Å². The molecule has 1 aliphatic heterocycles. The molecule has 0 aliphatic carbocycles. The molecule has 1 heterocycles. The van der Waals surface area contributed by atoms with Gasteiger partial charge in [0.05, 0.1) is 26.7 Å². The fourth-order valence-corrected chi connectivity index (χ4v) is 4.51. The summed E-state index contributed by atoms with van der Waals surface area (Å²) in [5.74, 6) is -0.720. The lowest BCUT2D eigenvalue weighted by Gasteiger charge is -2.34. The van der Waals surface area contributed by atoms with E-state index in [0.29, 0.717) is 42.0 Å². The number of carbonyl (C=O) groups is 2. The van der Waals surface area contributed by atoms with Gasteiger partial charge in [0.25, 0.3) is 0 Å². The number of rotatable bonds is 8. The highest BCUT2D eigenvalue weighted by Gasteiger charge is 2.29. The van der Waals surface area contributed by atoms with Crippen molar-refractivity contribution in [2.45, 2.75) is 32.9 Å². The number of carbonyl (C=O) groups excluding carboxylic acids is 1. The molecular formula is C28H29FN2O5. The predicted octanol–water partition coefficient (Wildman–Crippen LogP) is 5.06. The van der Waals surface area contributed by atoms with Crippen LogP contribution in [0.2, 0.25) is 0 Å². The summed E-state index contributed by atoms with van der Waals surface area (Å²) >= 11 is 0. The number of ether oxygens (including phenoxy) is 1. The van der Waals surface area contributed by atoms with E-state index in [1.54, 1.807) is 29.2 Å². The fourth-order valence-electron chi connectivity index (χ4n) is 4.51. The van der Waals surface area contributed by atoms with Gasteiger partial charge in [0.2, 0.25) is 0 Å². The van der Waals surface area contributed by atoms with Crippen LogP contribution in [0.3, 0.4) is 0 Å². The third kappa shape index (κ3) is 5.49. The van der Waals surface area contributed by atoms with Crippen LogP contribution in [-0.2, 0) is 35.6 Å². The number of fused-ring (bicyclic) bond motifs is 1. The van der Waals surface area contributed by atoms with Gasteiger partial charge in [-0.25, -0.2) is 9.18 Å². The SMILES string of the molecule is CCOc1cc(CC(=O)O)ccc1-c1ccc(F)c2c1CN(C(=O)N(Cc1ccccc1)OC)CC2. The second kappa shape index (κ2) is 11.2. The molecule has 0 atom stereocenters. The molecule has 0 aromatic heterocycles. The average molecular weight is 493 g/mol. The van der Waals surface area contributed by atoms with Gasteiger partial charge in [0.15, 0.2) is 0 Å². The molecule has 0 saturated heterocycles. The number of aliphatic carboxylic acids is 1. The Morgan fingerprint density at radius 3 is 2.47 bits per heavy atom. The molecule has 3 aromatic carbocycles. The summed E-state index contributed by atoms with van der Waals surface area (Å²) in [6, 6.07) is 17.6. The van der Waals surface area contributed by atoms with Crippen molar-refractivity contribution in [3.63, 3.8) is 0 Å². The van der Waals surface area contributed by atoms with Crippen molar-refractivity contribution in [2.75, 3.05) is 20.3 Å². The van der Waals surface area contributed by atoms with Crippen molar-refractivity contribution < 1.29 is 28.7 Å². The normalized spacial score (nSPS) is 12.7. The van der Waals surface area contributed by atoms with Gasteiger partial charge in [-0.2, -0.15) is 5.06 Å². The molecule has 0 radical (unpaired) electrons. The summed E-state index contributed by atoms with van der Waals surface area (Å²) in [6.07, 6.45) is 0.239. The zero-order valence-corrected chi connectivity index (χ0v) is 20.4. The zero-order valence-electron chi connectivity index (χ0n) is 20.4. The first-order chi connectivity index (χ1) is 17.4. The highest BCUT2D eigenvalue weighted by Crippen LogP contribution is 2.38. The number of halogens is 1. The van der Waals surface area contributed by atoms with Crippen LogP contribution in [0, 0.1) is 5.82 Å². The number of carboxylic acid groups (broad SMARTS) is 1. The number of hydrogen-bond donors (Lipinski definition) is 1. The van der Waals surface area contributed by atoms with Gasteiger partial charge < -0.3 is 14.7 Å². The average Bonchev–Trinajstić information content (AvgIpc) is 2.88. The quantitative estimate of drug-likeness (QED) is 0.445. The third-order valence-electron chi connectivity index (χ3n) is 6.22. The number of amides is 2. The number of benzene rings is 3. The lowest BCUT2D eigenvalue weighted by atomic mass is 9.89. The maximum atomic E-state index is 14.8. The zero-order chi connectivity index (χ0) is 25.7. The Kier molecular flexibility index (Phi) is 7.85. The highest BCUT2D eigenvalue weighted by molar-refractivity contribution is 5.79. The van der Waals surface area contributed by atoms with Gasteiger partial charge in [0, 0.05) is 18.7 Å². The second-order valence-corrected chi connectivity index (χ2v) is 8.55. The van der Waals surface area contributed by atoms with E-state index in [2.05, 4.69) is 0 Å². The van der Waals surface area contributed by atoms with Crippen molar-refractivity contribution in [2.24, 2.45) is 0 Å². The monoisotopic (exact) mass is 492 g/mol. The molecule has 188 valence electrons. The summed E-state index contributed by atoms with van der Waals surface area (Å²) in [7, 11) is 1.46. The first-order valence-electron chi connectivity index (χ1n) is 11.8. The molecule has 1 N–H and O–H groups in total. The lowest BCUT2D eigenvalue weighted by molar-refractivity contribution is -0.136. The second-order valence-electron chi connectivity index (χ2n) is 8.55. The molecule has 0 bridgehead atoms. The van der Waals surface area contributed by atoms with Crippen LogP contribution in [0.1, 0.15) is 29.2 Å². The van der Waals surface area contributed by atoms with Crippen LogP contribution >= 0.6 is 0 Å². The van der Waals surface area contributed by atoms with Crippen LogP contribution in [0.4, 0.5) is 9.18 Å². The van der Waals surface area contributed by atoms with Gasteiger partial charge in [-0.1, -0.05) is 48.5 Å². The van der Waals surface area contributed by atoms with E-state index in [4.69, 9.17) is 14.7 Å². The van der Waals surface area contributed by atoms with Gasteiger partial charge in [0.1, 0.15) is 11.6 Å². The molecule has 0 spiro atoms. The minimum absolute atomic E-state index is 0.127. The molecule has 36 heavy (non-hydrogen) atoms. The fraction of sp³-hybridized carbons (Fsp3) is 0.286. The predicted molar refractivity (Wildman–Crippen MR) is 133 cm³/mol. The smallest absolute Gasteiger partial charge is 0.344 e. The van der Waals surface area contributed by atoms with Crippen LogP contribution < -0.4 is 4.74 Å². The molecule has 4 rings (SSSR count). The van der Waals surface area contributed by atoms with Crippen molar-refractivity contribution in [1.29, 1.82) is 0 Å². The minimum atomic E-state index is -0.934. The molecule has 0 unspecified atom stereocenters. The molecule has 0 saturated carbocycles. The first kappa shape index (κ1) is 25.2. The summed E-state index contributed by atoms with van der Waals surface area (Å²) in [6.45, 7) is 3.09. The number of carboxylic acids is 1. The van der Waals surface area contributed by atoms with Gasteiger partial charge in [-0.3, -0.25) is 9.63 Å². The van der Waals surface area contributed by atoms with E-state index in [1.807, 2.05) is 37.3 Å². The summed E-state index contributed by atoms with van der Waals surface area (Å²) < 4.78 is 20.7. The lowest BCUT2D eigenvalue weighted by Crippen LogP contribution is -2.44. The van der Waals surface area contributed by atoms with E-state index < -0.39 is 5.97 Å². The molecule has 2 amide bonds. The Morgan fingerprint density at radius 1 is 1.03 bits per heavy atom. The number of hydroxylamine groups is 2. The summed E-state index contributed by atoms with van der Waals surface area (Å²) in [5, 5.41) is 10.5. The Bertz CT molecular complexity index is 1250. The highest BCUT2D eigenvalue weighted by atomic mass is 19.1. The Balaban J connectivity index is 1.66. The van der Waals surface area contributed by atoms with Crippen LogP contribution in [0.25, 0.3) is 11.1 Å². The van der Waals surface area contributed by atoms with Gasteiger partial charge in [-0.05, 0) is 53.3 Å². The van der Waals surface area contributed by atoms with E-state index in [-0.39, 0.29) is 31.4 Å². The van der Waals surface area contributed by atoms with Crippen molar-refractivity contribution in [3.05, 3.63) is 88.7 Å². The van der Waals surface area contributed by atoms with Crippen LogP contribution in [-0.4, -0.2) is 47.3 Å². The maximum absolute atomic E-state index is 14.8. The van der Waals surface area contributed by atoms with Crippen molar-refractivity contribution in [3.8, 4) is 16.9 Å². The van der Waals surface area contributed by atoms with Gasteiger partial charge in [-0.15, -0.1) is 0 Å². The Labute approximate surface area is 209 Å². The number of urea groups is 1. The van der Waals surface area contributed by atoms with E-state index in [0.717, 1.165) is 16.7 Å². The topological polar surface area (TPSA) is 79.3 Å². The molecular weight excluding hydrogens is 463 g/mol. The van der Waals surface area contributed by atoms with Crippen molar-refractivity contribution >= 4 is 12.0 Å². The maximum Gasteiger partial charge on any atom is 0.344 e. The van der Waals surface area contributed by atoms with Gasteiger partial charge >= 0.3 is 12.0 Å². The number of nitrogens with zero attached hydrogens (tertiary/aromatic N) is 2. The van der Waals surface area contributed by atoms with Crippen LogP contribution in [0.5, 0.6) is 5.75 Å². The Hall–Kier alpha value is -3.91. The molecule has 1 aliphatic rings. The van der Waals surface area contributed by atoms with E-state index in [1.165, 1.54) is 18.2 Å². The van der Waals surface area contributed by atoms with E-state index in [9.17, 15) is 14.0 Å². The standard InChI is InChI=1S/C28H29FN2O5/c1-3-36-26-15-20(16-27(32)33)9-10-23(26)21-11-12-25(29)22-13-14-30(18-24(21)22)28(34)31(35-2)17-19-7-5-4-6-8-19/h4-12,15H,3,13-14,16-18H2,1-2H3,(H,32,33). The largest absolute Gasteiger partial charge is 0.493 e.